The molecule has 1 aliphatic carbocycles. The summed E-state index contributed by atoms with van der Waals surface area (Å²) in [4.78, 5) is 3.84. The molecule has 1 aliphatic rings. The lowest BCUT2D eigenvalue weighted by atomic mass is 10.0. The smallest absolute Gasteiger partial charge is 0.129 e. The van der Waals surface area contributed by atoms with Crippen LogP contribution in [0.25, 0.3) is 0 Å². The van der Waals surface area contributed by atoms with E-state index in [0.29, 0.717) is 10.6 Å². The molecule has 82 valence electrons. The topological polar surface area (TPSA) is 79.4 Å². The van der Waals surface area contributed by atoms with Crippen LogP contribution in [0.1, 0.15) is 24.5 Å². The van der Waals surface area contributed by atoms with Crippen molar-refractivity contribution in [2.75, 3.05) is 5.73 Å². The van der Waals surface area contributed by atoms with Crippen LogP contribution in [-0.4, -0.2) is 21.3 Å². The van der Waals surface area contributed by atoms with Crippen molar-refractivity contribution in [3.05, 3.63) is 22.8 Å². The largest absolute Gasteiger partial charge is 0.390 e. The van der Waals surface area contributed by atoms with Crippen LogP contribution >= 0.6 is 11.6 Å². The van der Waals surface area contributed by atoms with Gasteiger partial charge < -0.3 is 15.9 Å². The number of hydrogen-bond acceptors (Lipinski definition) is 4. The third kappa shape index (κ3) is 2.22. The molecule has 5 heteroatoms. The number of nitrogens with zero attached hydrogens (tertiary/aromatic N) is 1. The number of anilines is 1. The van der Waals surface area contributed by atoms with Crippen molar-refractivity contribution in [1.29, 1.82) is 0 Å². The van der Waals surface area contributed by atoms with Gasteiger partial charge in [-0.25, -0.2) is 4.98 Å². The molecular formula is C10H13ClN2O2. The van der Waals surface area contributed by atoms with E-state index in [-0.39, 0.29) is 11.7 Å². The summed E-state index contributed by atoms with van der Waals surface area (Å²) in [5.41, 5.74) is 6.01. The fraction of sp³-hybridized carbons (Fsp3) is 0.500. The monoisotopic (exact) mass is 228 g/mol. The van der Waals surface area contributed by atoms with E-state index in [9.17, 15) is 10.2 Å². The average Bonchev–Trinajstić information content (AvgIpc) is 3.03. The molecule has 4 nitrogen and oxygen atoms in total. The quantitative estimate of drug-likeness (QED) is 0.725. The molecule has 4 N–H and O–H groups in total. The number of aliphatic hydroxyl groups is 2. The molecule has 0 bridgehead atoms. The lowest BCUT2D eigenvalue weighted by molar-refractivity contribution is 0.00512. The molecule has 1 aromatic heterocycles. The second-order valence-electron chi connectivity index (χ2n) is 3.90. The second kappa shape index (κ2) is 3.96. The minimum atomic E-state index is -0.997. The van der Waals surface area contributed by atoms with Gasteiger partial charge in [0.25, 0.3) is 0 Å². The Morgan fingerprint density at radius 1 is 1.47 bits per heavy atom. The van der Waals surface area contributed by atoms with Crippen molar-refractivity contribution in [3.8, 4) is 0 Å². The molecular weight excluding hydrogens is 216 g/mol. The molecule has 2 unspecified atom stereocenters. The number of nitrogen functional groups attached to an aromatic ring is 1. The number of hydrogen-bond donors (Lipinski definition) is 3. The number of aromatic nitrogens is 1. The molecule has 15 heavy (non-hydrogen) atoms. The normalized spacial score (nSPS) is 19.9. The van der Waals surface area contributed by atoms with Crippen molar-refractivity contribution in [2.24, 2.45) is 5.92 Å². The summed E-state index contributed by atoms with van der Waals surface area (Å²) in [6, 6.07) is 1.54. The molecule has 0 saturated heterocycles. The maximum Gasteiger partial charge on any atom is 0.129 e. The molecule has 2 atom stereocenters. The van der Waals surface area contributed by atoms with Crippen LogP contribution in [0.15, 0.2) is 12.3 Å². The summed E-state index contributed by atoms with van der Waals surface area (Å²) < 4.78 is 0. The summed E-state index contributed by atoms with van der Waals surface area (Å²) >= 11 is 5.75. The molecule has 1 aromatic rings. The first-order valence-electron chi connectivity index (χ1n) is 4.86. The molecule has 0 radical (unpaired) electrons. The van der Waals surface area contributed by atoms with Crippen molar-refractivity contribution >= 4 is 17.4 Å². The first-order chi connectivity index (χ1) is 7.09. The Morgan fingerprint density at radius 2 is 2.13 bits per heavy atom. The summed E-state index contributed by atoms with van der Waals surface area (Å²) in [7, 11) is 0. The van der Waals surface area contributed by atoms with Gasteiger partial charge in [0.15, 0.2) is 0 Å². The SMILES string of the molecule is Nc1ncc(Cl)cc1C(O)C(O)C1CC1. The van der Waals surface area contributed by atoms with Gasteiger partial charge in [0.1, 0.15) is 11.9 Å². The lowest BCUT2D eigenvalue weighted by Crippen LogP contribution is -2.21. The average molecular weight is 229 g/mol. The van der Waals surface area contributed by atoms with Crippen molar-refractivity contribution < 1.29 is 10.2 Å². The van der Waals surface area contributed by atoms with Crippen LogP contribution in [0.4, 0.5) is 5.82 Å². The third-order valence-corrected chi connectivity index (χ3v) is 2.87. The van der Waals surface area contributed by atoms with E-state index >= 15 is 0 Å². The maximum atomic E-state index is 9.88. The van der Waals surface area contributed by atoms with E-state index in [1.807, 2.05) is 0 Å². The van der Waals surface area contributed by atoms with E-state index in [1.54, 1.807) is 6.07 Å². The standard InChI is InChI=1S/C10H13ClN2O2/c11-6-3-7(10(12)13-4-6)9(15)8(14)5-1-2-5/h3-5,8-9,14-15H,1-2H2,(H2,12,13). The van der Waals surface area contributed by atoms with Crippen LogP contribution in [0, 0.1) is 5.92 Å². The zero-order valence-electron chi connectivity index (χ0n) is 8.10. The molecule has 1 saturated carbocycles. The molecule has 1 fully saturated rings. The van der Waals surface area contributed by atoms with Gasteiger partial charge in [-0.2, -0.15) is 0 Å². The fourth-order valence-corrected chi connectivity index (χ4v) is 1.75. The highest BCUT2D eigenvalue weighted by Gasteiger charge is 2.35. The van der Waals surface area contributed by atoms with Crippen LogP contribution in [-0.2, 0) is 0 Å². The molecule has 0 amide bonds. The van der Waals surface area contributed by atoms with Crippen molar-refractivity contribution in [1.82, 2.24) is 4.98 Å². The third-order valence-electron chi connectivity index (χ3n) is 2.66. The van der Waals surface area contributed by atoms with Crippen molar-refractivity contribution in [2.45, 2.75) is 25.0 Å². The zero-order chi connectivity index (χ0) is 11.0. The second-order valence-corrected chi connectivity index (χ2v) is 4.34. The zero-order valence-corrected chi connectivity index (χ0v) is 8.85. The van der Waals surface area contributed by atoms with Gasteiger partial charge in [-0.1, -0.05) is 11.6 Å². The predicted molar refractivity (Wildman–Crippen MR) is 57.4 cm³/mol. The van der Waals surface area contributed by atoms with E-state index in [2.05, 4.69) is 4.98 Å². The lowest BCUT2D eigenvalue weighted by Gasteiger charge is -2.18. The minimum Gasteiger partial charge on any atom is -0.390 e. The molecule has 0 spiro atoms. The van der Waals surface area contributed by atoms with E-state index in [0.717, 1.165) is 12.8 Å². The number of halogens is 1. The van der Waals surface area contributed by atoms with Gasteiger partial charge in [-0.05, 0) is 24.8 Å². The summed E-state index contributed by atoms with van der Waals surface area (Å²) in [5, 5.41) is 20.0. The Hall–Kier alpha value is -0.840. The van der Waals surface area contributed by atoms with Gasteiger partial charge in [-0.3, -0.25) is 0 Å². The number of pyridine rings is 1. The number of aliphatic hydroxyl groups excluding tert-OH is 2. The molecule has 0 aromatic carbocycles. The van der Waals surface area contributed by atoms with Gasteiger partial charge in [0.05, 0.1) is 11.1 Å². The predicted octanol–water partition coefficient (Wildman–Crippen LogP) is 1.12. The Balaban J connectivity index is 2.23. The van der Waals surface area contributed by atoms with Crippen LogP contribution in [0.3, 0.4) is 0 Å². The summed E-state index contributed by atoms with van der Waals surface area (Å²) in [6.07, 6.45) is 1.55. The first-order valence-corrected chi connectivity index (χ1v) is 5.24. The Morgan fingerprint density at radius 3 is 2.73 bits per heavy atom. The van der Waals surface area contributed by atoms with E-state index in [1.165, 1.54) is 6.20 Å². The fourth-order valence-electron chi connectivity index (χ4n) is 1.58. The highest BCUT2D eigenvalue weighted by molar-refractivity contribution is 6.30. The highest BCUT2D eigenvalue weighted by Crippen LogP contribution is 2.39. The number of nitrogens with two attached hydrogens (primary N) is 1. The first kappa shape index (κ1) is 10.7. The molecule has 0 aliphatic heterocycles. The van der Waals surface area contributed by atoms with Crippen LogP contribution < -0.4 is 5.73 Å². The van der Waals surface area contributed by atoms with Crippen molar-refractivity contribution in [3.63, 3.8) is 0 Å². The van der Waals surface area contributed by atoms with Crippen LogP contribution in [0.2, 0.25) is 5.02 Å². The summed E-state index contributed by atoms with van der Waals surface area (Å²) in [6.45, 7) is 0. The van der Waals surface area contributed by atoms with E-state index < -0.39 is 12.2 Å². The summed E-state index contributed by atoms with van der Waals surface area (Å²) in [5.74, 6) is 0.394. The van der Waals surface area contributed by atoms with Gasteiger partial charge in [0, 0.05) is 11.8 Å². The number of rotatable bonds is 3. The maximum absolute atomic E-state index is 9.88. The van der Waals surface area contributed by atoms with Gasteiger partial charge >= 0.3 is 0 Å². The Kier molecular flexibility index (Phi) is 2.82. The van der Waals surface area contributed by atoms with Crippen LogP contribution in [0.5, 0.6) is 0 Å². The van der Waals surface area contributed by atoms with Gasteiger partial charge in [0.2, 0.25) is 0 Å². The van der Waals surface area contributed by atoms with Gasteiger partial charge in [-0.15, -0.1) is 0 Å². The Labute approximate surface area is 92.7 Å². The van der Waals surface area contributed by atoms with E-state index in [4.69, 9.17) is 17.3 Å². The Bertz CT molecular complexity index is 368. The minimum absolute atomic E-state index is 0.179. The molecule has 1 heterocycles. The molecule has 2 rings (SSSR count). The highest BCUT2D eigenvalue weighted by atomic mass is 35.5.